The second-order valence-electron chi connectivity index (χ2n) is 10.6. The minimum absolute atomic E-state index is 0.114. The maximum Gasteiger partial charge on any atom is 0.426 e. The van der Waals surface area contributed by atoms with Crippen molar-refractivity contribution < 1.29 is 4.65 Å². The van der Waals surface area contributed by atoms with Crippen molar-refractivity contribution in [2.75, 3.05) is 0 Å². The smallest absolute Gasteiger partial charge is 0.426 e. The minimum Gasteiger partial charge on any atom is -0.550 e. The van der Waals surface area contributed by atoms with Gasteiger partial charge in [0.2, 0.25) is 0 Å². The number of hydrogen-bond donors (Lipinski definition) is 0. The van der Waals surface area contributed by atoms with Gasteiger partial charge in [-0.05, 0) is 45.0 Å². The van der Waals surface area contributed by atoms with Crippen molar-refractivity contribution in [2.24, 2.45) is 0 Å². The number of hydrogen-bond acceptors (Lipinski definition) is 2. The molecule has 0 aliphatic heterocycles. The number of nitrogens with zero attached hydrogens (tertiary/aromatic N) is 1. The number of aromatic nitrogens is 1. The molecule has 0 aliphatic rings. The number of benzene rings is 3. The van der Waals surface area contributed by atoms with E-state index in [0.29, 0.717) is 0 Å². The van der Waals surface area contributed by atoms with Crippen LogP contribution in [0.1, 0.15) is 52.7 Å². The van der Waals surface area contributed by atoms with Gasteiger partial charge in [0.15, 0.2) is 0 Å². The lowest BCUT2D eigenvalue weighted by Gasteiger charge is -2.23. The quantitative estimate of drug-likeness (QED) is 0.376. The summed E-state index contributed by atoms with van der Waals surface area (Å²) in [5, 5.41) is 1.08. The SMILES string of the molecule is CC(C)(C)c1ccc(B(Oc2cccc3cccnc23)c2ccc(C(C)(C)C)cc2)cc1. The van der Waals surface area contributed by atoms with E-state index in [0.717, 1.165) is 27.6 Å². The molecule has 0 radical (unpaired) electrons. The van der Waals surface area contributed by atoms with E-state index >= 15 is 0 Å². The third-order valence-electron chi connectivity index (χ3n) is 6.00. The fraction of sp³-hybridized carbons (Fsp3) is 0.276. The summed E-state index contributed by atoms with van der Waals surface area (Å²) < 4.78 is 6.69. The van der Waals surface area contributed by atoms with Crippen molar-refractivity contribution in [3.63, 3.8) is 0 Å². The first-order valence-electron chi connectivity index (χ1n) is 11.3. The highest BCUT2D eigenvalue weighted by molar-refractivity contribution is 6.80. The average Bonchev–Trinajstić information content (AvgIpc) is 2.76. The molecule has 2 nitrogen and oxygen atoms in total. The van der Waals surface area contributed by atoms with Crippen LogP contribution in [-0.2, 0) is 10.8 Å². The molecule has 4 rings (SSSR count). The highest BCUT2D eigenvalue weighted by Gasteiger charge is 2.26. The lowest BCUT2D eigenvalue weighted by Crippen LogP contribution is -2.47. The van der Waals surface area contributed by atoms with E-state index in [-0.39, 0.29) is 17.7 Å². The highest BCUT2D eigenvalue weighted by atomic mass is 16.4. The molecule has 1 aromatic heterocycles. The molecular weight excluding hydrogens is 389 g/mol. The Labute approximate surface area is 192 Å². The molecule has 4 aromatic rings. The van der Waals surface area contributed by atoms with Crippen molar-refractivity contribution in [1.82, 2.24) is 4.98 Å². The summed E-state index contributed by atoms with van der Waals surface area (Å²) in [5.41, 5.74) is 6.01. The van der Waals surface area contributed by atoms with Crippen molar-refractivity contribution in [3.05, 3.63) is 96.2 Å². The summed E-state index contributed by atoms with van der Waals surface area (Å²) in [6, 6.07) is 27.8. The third kappa shape index (κ3) is 4.72. The molecule has 3 heteroatoms. The Bertz CT molecular complexity index is 1140. The van der Waals surface area contributed by atoms with Gasteiger partial charge in [0.05, 0.1) is 0 Å². The zero-order valence-electron chi connectivity index (χ0n) is 20.0. The van der Waals surface area contributed by atoms with Gasteiger partial charge < -0.3 is 4.65 Å². The molecule has 1 heterocycles. The van der Waals surface area contributed by atoms with Crippen LogP contribution in [0.25, 0.3) is 10.9 Å². The molecule has 0 saturated heterocycles. The van der Waals surface area contributed by atoms with Crippen LogP contribution in [0.4, 0.5) is 0 Å². The van der Waals surface area contributed by atoms with Crippen LogP contribution in [0.15, 0.2) is 85.1 Å². The van der Waals surface area contributed by atoms with Gasteiger partial charge >= 0.3 is 6.92 Å². The summed E-state index contributed by atoms with van der Waals surface area (Å²) in [4.78, 5) is 4.59. The molecule has 0 unspecified atom stereocenters. The first-order chi connectivity index (χ1) is 15.1. The predicted octanol–water partition coefficient (Wildman–Crippen LogP) is 6.01. The maximum absolute atomic E-state index is 6.69. The standard InChI is InChI=1S/C29H32BNO/c1-28(2,3)22-12-16-24(17-13-22)30(25-18-14-23(15-19-25)29(4,5)6)32-26-11-7-9-21-10-8-20-31-27(21)26/h7-20H,1-6H3. The third-order valence-corrected chi connectivity index (χ3v) is 6.00. The van der Waals surface area contributed by atoms with E-state index in [1.54, 1.807) is 0 Å². The second-order valence-corrected chi connectivity index (χ2v) is 10.6. The Morgan fingerprint density at radius 3 is 1.62 bits per heavy atom. The van der Waals surface area contributed by atoms with Gasteiger partial charge in [-0.3, -0.25) is 4.98 Å². The van der Waals surface area contributed by atoms with Crippen LogP contribution < -0.4 is 15.6 Å². The zero-order chi connectivity index (χ0) is 22.9. The van der Waals surface area contributed by atoms with Crippen molar-refractivity contribution in [2.45, 2.75) is 52.4 Å². The van der Waals surface area contributed by atoms with E-state index in [1.165, 1.54) is 11.1 Å². The topological polar surface area (TPSA) is 22.1 Å². The van der Waals surface area contributed by atoms with E-state index in [2.05, 4.69) is 107 Å². The summed E-state index contributed by atoms with van der Waals surface area (Å²) in [7, 11) is 0. The summed E-state index contributed by atoms with van der Waals surface area (Å²) in [6.45, 7) is 13.2. The van der Waals surface area contributed by atoms with Crippen LogP contribution in [0, 0.1) is 0 Å². The number of fused-ring (bicyclic) bond motifs is 1. The number of rotatable bonds is 4. The molecule has 3 aromatic carbocycles. The summed E-state index contributed by atoms with van der Waals surface area (Å²) in [6.07, 6.45) is 1.82. The Morgan fingerprint density at radius 2 is 1.12 bits per heavy atom. The van der Waals surface area contributed by atoms with Gasteiger partial charge in [0.1, 0.15) is 11.3 Å². The van der Waals surface area contributed by atoms with Crippen molar-refractivity contribution in [3.8, 4) is 5.75 Å². The van der Waals surface area contributed by atoms with E-state index in [4.69, 9.17) is 4.65 Å². The van der Waals surface area contributed by atoms with Gasteiger partial charge in [0.25, 0.3) is 0 Å². The first-order valence-corrected chi connectivity index (χ1v) is 11.3. The number of pyridine rings is 1. The van der Waals surface area contributed by atoms with Crippen LogP contribution >= 0.6 is 0 Å². The average molecular weight is 421 g/mol. The van der Waals surface area contributed by atoms with E-state index in [9.17, 15) is 0 Å². The van der Waals surface area contributed by atoms with Gasteiger partial charge in [-0.25, -0.2) is 0 Å². The second kappa shape index (κ2) is 8.46. The molecule has 0 N–H and O–H groups in total. The summed E-state index contributed by atoms with van der Waals surface area (Å²) >= 11 is 0. The predicted molar refractivity (Wildman–Crippen MR) is 138 cm³/mol. The molecule has 0 aliphatic carbocycles. The molecule has 32 heavy (non-hydrogen) atoms. The number of para-hydroxylation sites is 1. The molecular formula is C29H32BNO. The lowest BCUT2D eigenvalue weighted by atomic mass is 9.55. The van der Waals surface area contributed by atoms with E-state index in [1.807, 2.05) is 24.4 Å². The zero-order valence-corrected chi connectivity index (χ0v) is 20.0. The maximum atomic E-state index is 6.69. The summed E-state index contributed by atoms with van der Waals surface area (Å²) in [5.74, 6) is 0.799. The van der Waals surface area contributed by atoms with Crippen molar-refractivity contribution >= 4 is 28.7 Å². The molecule has 0 bridgehead atoms. The molecule has 0 saturated carbocycles. The fourth-order valence-electron chi connectivity index (χ4n) is 3.94. The van der Waals surface area contributed by atoms with Crippen molar-refractivity contribution in [1.29, 1.82) is 0 Å². The van der Waals surface area contributed by atoms with Gasteiger partial charge in [0, 0.05) is 11.6 Å². The first kappa shape index (κ1) is 22.1. The van der Waals surface area contributed by atoms with Crippen LogP contribution in [-0.4, -0.2) is 11.9 Å². The monoisotopic (exact) mass is 421 g/mol. The van der Waals surface area contributed by atoms with Crippen LogP contribution in [0.2, 0.25) is 0 Å². The largest absolute Gasteiger partial charge is 0.550 e. The molecule has 0 amide bonds. The van der Waals surface area contributed by atoms with Crippen LogP contribution in [0.3, 0.4) is 0 Å². The fourth-order valence-corrected chi connectivity index (χ4v) is 3.94. The van der Waals surface area contributed by atoms with Crippen LogP contribution in [0.5, 0.6) is 5.75 Å². The molecule has 162 valence electrons. The molecule has 0 atom stereocenters. The Balaban J connectivity index is 1.77. The highest BCUT2D eigenvalue weighted by Crippen LogP contribution is 2.25. The Hall–Kier alpha value is -3.07. The normalized spacial score (nSPS) is 12.1. The Morgan fingerprint density at radius 1 is 0.625 bits per heavy atom. The van der Waals surface area contributed by atoms with E-state index < -0.39 is 0 Å². The Kier molecular flexibility index (Phi) is 5.86. The lowest BCUT2D eigenvalue weighted by molar-refractivity contribution is 0.588. The van der Waals surface area contributed by atoms with Gasteiger partial charge in [-0.15, -0.1) is 0 Å². The molecule has 0 fully saturated rings. The minimum atomic E-state index is -0.217. The van der Waals surface area contributed by atoms with Gasteiger partial charge in [-0.1, -0.05) is 108 Å². The van der Waals surface area contributed by atoms with Gasteiger partial charge in [-0.2, -0.15) is 0 Å². The molecule has 0 spiro atoms.